The van der Waals surface area contributed by atoms with Crippen molar-refractivity contribution in [2.45, 2.75) is 32.2 Å². The fourth-order valence-corrected chi connectivity index (χ4v) is 3.22. The summed E-state index contributed by atoms with van der Waals surface area (Å²) in [5.74, 6) is 0.843. The topological polar surface area (TPSA) is 41.6 Å². The SMILES string of the molecule is COc1ccc(C(C)(C)CNC(=O)N2CCc3ccccc3C2)cc1. The first-order chi connectivity index (χ1) is 12.0. The number of benzene rings is 2. The van der Waals surface area contributed by atoms with E-state index in [1.165, 1.54) is 16.7 Å². The summed E-state index contributed by atoms with van der Waals surface area (Å²) in [6.07, 6.45) is 0.922. The van der Waals surface area contributed by atoms with Crippen molar-refractivity contribution in [3.63, 3.8) is 0 Å². The maximum atomic E-state index is 12.6. The molecule has 0 fully saturated rings. The van der Waals surface area contributed by atoms with Gasteiger partial charge in [-0.25, -0.2) is 4.79 Å². The monoisotopic (exact) mass is 338 g/mol. The number of urea groups is 1. The molecule has 2 amide bonds. The molecule has 2 aromatic carbocycles. The molecule has 0 aliphatic carbocycles. The van der Waals surface area contributed by atoms with Gasteiger partial charge in [-0.2, -0.15) is 0 Å². The minimum absolute atomic E-state index is 0.0103. The number of carbonyl (C=O) groups excluding carboxylic acids is 1. The number of hydrogen-bond donors (Lipinski definition) is 1. The molecule has 1 aliphatic rings. The van der Waals surface area contributed by atoms with Crippen molar-refractivity contribution in [1.82, 2.24) is 10.2 Å². The Balaban J connectivity index is 1.59. The van der Waals surface area contributed by atoms with Crippen LogP contribution in [0.2, 0.25) is 0 Å². The molecule has 132 valence electrons. The first-order valence-electron chi connectivity index (χ1n) is 8.74. The Morgan fingerprint density at radius 3 is 2.48 bits per heavy atom. The minimum atomic E-state index is -0.143. The van der Waals surface area contributed by atoms with Crippen LogP contribution in [-0.2, 0) is 18.4 Å². The van der Waals surface area contributed by atoms with Crippen molar-refractivity contribution < 1.29 is 9.53 Å². The molecule has 0 atom stereocenters. The zero-order valence-corrected chi connectivity index (χ0v) is 15.2. The highest BCUT2D eigenvalue weighted by atomic mass is 16.5. The molecule has 25 heavy (non-hydrogen) atoms. The molecule has 1 N–H and O–H groups in total. The highest BCUT2D eigenvalue weighted by molar-refractivity contribution is 5.74. The van der Waals surface area contributed by atoms with E-state index in [1.807, 2.05) is 23.1 Å². The van der Waals surface area contributed by atoms with Crippen LogP contribution in [0.15, 0.2) is 48.5 Å². The number of carbonyl (C=O) groups is 1. The third kappa shape index (κ3) is 3.95. The van der Waals surface area contributed by atoms with Crippen molar-refractivity contribution >= 4 is 6.03 Å². The smallest absolute Gasteiger partial charge is 0.317 e. The lowest BCUT2D eigenvalue weighted by Gasteiger charge is -2.31. The van der Waals surface area contributed by atoms with E-state index in [-0.39, 0.29) is 11.4 Å². The fourth-order valence-electron chi connectivity index (χ4n) is 3.22. The van der Waals surface area contributed by atoms with Crippen LogP contribution in [0, 0.1) is 0 Å². The van der Waals surface area contributed by atoms with Gasteiger partial charge in [0, 0.05) is 25.0 Å². The first kappa shape index (κ1) is 17.3. The van der Waals surface area contributed by atoms with Gasteiger partial charge < -0.3 is 15.0 Å². The van der Waals surface area contributed by atoms with Gasteiger partial charge in [-0.05, 0) is 35.2 Å². The summed E-state index contributed by atoms with van der Waals surface area (Å²) in [5.41, 5.74) is 3.64. The van der Waals surface area contributed by atoms with Crippen LogP contribution in [0.1, 0.15) is 30.5 Å². The molecule has 0 aromatic heterocycles. The van der Waals surface area contributed by atoms with Crippen molar-refractivity contribution in [1.29, 1.82) is 0 Å². The maximum absolute atomic E-state index is 12.6. The molecule has 2 aromatic rings. The lowest BCUT2D eigenvalue weighted by Crippen LogP contribution is -2.46. The van der Waals surface area contributed by atoms with Crippen LogP contribution in [0.4, 0.5) is 4.79 Å². The Morgan fingerprint density at radius 2 is 1.80 bits per heavy atom. The summed E-state index contributed by atoms with van der Waals surface area (Å²) in [6.45, 7) is 6.33. The minimum Gasteiger partial charge on any atom is -0.497 e. The van der Waals surface area contributed by atoms with Crippen molar-refractivity contribution in [3.8, 4) is 5.75 Å². The van der Waals surface area contributed by atoms with Crippen molar-refractivity contribution in [2.75, 3.05) is 20.2 Å². The average molecular weight is 338 g/mol. The maximum Gasteiger partial charge on any atom is 0.317 e. The standard InChI is InChI=1S/C21H26N2O2/c1-21(2,18-8-10-19(25-3)11-9-18)15-22-20(24)23-13-12-16-6-4-5-7-17(16)14-23/h4-11H,12-15H2,1-3H3,(H,22,24). The molecule has 4 nitrogen and oxygen atoms in total. The van der Waals surface area contributed by atoms with Crippen LogP contribution < -0.4 is 10.1 Å². The Labute approximate surface area is 149 Å². The number of methoxy groups -OCH3 is 1. The van der Waals surface area contributed by atoms with Crippen LogP contribution in [-0.4, -0.2) is 31.1 Å². The van der Waals surface area contributed by atoms with Gasteiger partial charge >= 0.3 is 6.03 Å². The summed E-state index contributed by atoms with van der Waals surface area (Å²) in [4.78, 5) is 14.5. The molecule has 0 saturated carbocycles. The number of fused-ring (bicyclic) bond motifs is 1. The normalized spacial score (nSPS) is 14.0. The van der Waals surface area contributed by atoms with Crippen LogP contribution >= 0.6 is 0 Å². The second-order valence-electron chi connectivity index (χ2n) is 7.21. The predicted molar refractivity (Wildman–Crippen MR) is 100.0 cm³/mol. The Hall–Kier alpha value is -2.49. The highest BCUT2D eigenvalue weighted by Crippen LogP contribution is 2.25. The van der Waals surface area contributed by atoms with Gasteiger partial charge in [-0.15, -0.1) is 0 Å². The van der Waals surface area contributed by atoms with Gasteiger partial charge in [0.1, 0.15) is 5.75 Å². The lowest BCUT2D eigenvalue weighted by molar-refractivity contribution is 0.190. The van der Waals surface area contributed by atoms with Gasteiger partial charge in [0.2, 0.25) is 0 Å². The van der Waals surface area contributed by atoms with Gasteiger partial charge in [0.15, 0.2) is 0 Å². The quantitative estimate of drug-likeness (QED) is 0.923. The third-order valence-corrected chi connectivity index (χ3v) is 4.97. The van der Waals surface area contributed by atoms with Crippen LogP contribution in [0.5, 0.6) is 5.75 Å². The highest BCUT2D eigenvalue weighted by Gasteiger charge is 2.25. The van der Waals surface area contributed by atoms with Gasteiger partial charge in [-0.3, -0.25) is 0 Å². The summed E-state index contributed by atoms with van der Waals surface area (Å²) in [5, 5.41) is 3.11. The van der Waals surface area contributed by atoms with Gasteiger partial charge in [0.05, 0.1) is 7.11 Å². The van der Waals surface area contributed by atoms with E-state index in [2.05, 4.69) is 49.5 Å². The summed E-state index contributed by atoms with van der Waals surface area (Å²) in [7, 11) is 1.66. The third-order valence-electron chi connectivity index (χ3n) is 4.97. The van der Waals surface area contributed by atoms with Crippen LogP contribution in [0.3, 0.4) is 0 Å². The van der Waals surface area contributed by atoms with E-state index >= 15 is 0 Å². The molecule has 0 saturated heterocycles. The number of rotatable bonds is 4. The van der Waals surface area contributed by atoms with Crippen molar-refractivity contribution in [3.05, 3.63) is 65.2 Å². The van der Waals surface area contributed by atoms with E-state index in [9.17, 15) is 4.79 Å². The zero-order chi connectivity index (χ0) is 17.9. The number of nitrogens with one attached hydrogen (secondary N) is 1. The number of nitrogens with zero attached hydrogens (tertiary/aromatic N) is 1. The molecule has 0 bridgehead atoms. The van der Waals surface area contributed by atoms with Gasteiger partial charge in [0.25, 0.3) is 0 Å². The summed E-state index contributed by atoms with van der Waals surface area (Å²) in [6, 6.07) is 16.4. The lowest BCUT2D eigenvalue weighted by atomic mass is 9.84. The second-order valence-corrected chi connectivity index (χ2v) is 7.21. The summed E-state index contributed by atoms with van der Waals surface area (Å²) < 4.78 is 5.21. The molecule has 1 heterocycles. The molecule has 3 rings (SSSR count). The molecular weight excluding hydrogens is 312 g/mol. The average Bonchev–Trinajstić information content (AvgIpc) is 2.65. The Bertz CT molecular complexity index is 738. The Kier molecular flexibility index (Phi) is 4.98. The van der Waals surface area contributed by atoms with Crippen molar-refractivity contribution in [2.24, 2.45) is 0 Å². The molecule has 0 unspecified atom stereocenters. The molecule has 0 spiro atoms. The first-order valence-corrected chi connectivity index (χ1v) is 8.74. The van der Waals surface area contributed by atoms with E-state index < -0.39 is 0 Å². The number of hydrogen-bond acceptors (Lipinski definition) is 2. The Morgan fingerprint density at radius 1 is 1.12 bits per heavy atom. The predicted octanol–water partition coefficient (Wildman–Crippen LogP) is 3.74. The summed E-state index contributed by atoms with van der Waals surface area (Å²) >= 11 is 0. The largest absolute Gasteiger partial charge is 0.497 e. The second kappa shape index (κ2) is 7.18. The number of ether oxygens (including phenoxy) is 1. The van der Waals surface area contributed by atoms with E-state index in [0.29, 0.717) is 13.1 Å². The molecule has 0 radical (unpaired) electrons. The number of amides is 2. The fraction of sp³-hybridized carbons (Fsp3) is 0.381. The molecular formula is C21H26N2O2. The zero-order valence-electron chi connectivity index (χ0n) is 15.2. The van der Waals surface area contributed by atoms with E-state index in [4.69, 9.17) is 4.74 Å². The molecule has 4 heteroatoms. The van der Waals surface area contributed by atoms with E-state index in [0.717, 1.165) is 18.7 Å². The molecule has 1 aliphatic heterocycles. The van der Waals surface area contributed by atoms with E-state index in [1.54, 1.807) is 7.11 Å². The van der Waals surface area contributed by atoms with Crippen LogP contribution in [0.25, 0.3) is 0 Å². The van der Waals surface area contributed by atoms with Gasteiger partial charge in [-0.1, -0.05) is 50.2 Å².